The SMILES string of the molecule is CN(C)CC(C)(C)CNC(=O)c1ccnc(C(=O)O)c1. The number of aromatic carboxylic acids is 1. The lowest BCUT2D eigenvalue weighted by Gasteiger charge is -2.28. The second kappa shape index (κ2) is 6.47. The smallest absolute Gasteiger partial charge is 0.354 e. The predicted molar refractivity (Wildman–Crippen MR) is 75.9 cm³/mol. The second-order valence-electron chi connectivity index (χ2n) is 5.82. The first-order chi connectivity index (χ1) is 9.21. The molecule has 1 rings (SSSR count). The van der Waals surface area contributed by atoms with Gasteiger partial charge in [0.25, 0.3) is 5.91 Å². The van der Waals surface area contributed by atoms with Gasteiger partial charge in [-0.1, -0.05) is 13.8 Å². The Labute approximate surface area is 118 Å². The van der Waals surface area contributed by atoms with E-state index in [1.165, 1.54) is 18.3 Å². The van der Waals surface area contributed by atoms with Crippen molar-refractivity contribution in [3.05, 3.63) is 29.6 Å². The number of carbonyl (C=O) groups excluding carboxylic acids is 1. The van der Waals surface area contributed by atoms with E-state index in [0.29, 0.717) is 12.1 Å². The van der Waals surface area contributed by atoms with Crippen LogP contribution in [0.4, 0.5) is 0 Å². The third kappa shape index (κ3) is 4.97. The van der Waals surface area contributed by atoms with Gasteiger partial charge < -0.3 is 15.3 Å². The zero-order valence-electron chi connectivity index (χ0n) is 12.3. The second-order valence-corrected chi connectivity index (χ2v) is 5.82. The molecule has 0 aromatic carbocycles. The maximum Gasteiger partial charge on any atom is 0.354 e. The van der Waals surface area contributed by atoms with Crippen LogP contribution in [-0.4, -0.2) is 54.1 Å². The first kappa shape index (κ1) is 16.1. The number of carbonyl (C=O) groups is 2. The molecule has 110 valence electrons. The highest BCUT2D eigenvalue weighted by Crippen LogP contribution is 2.14. The van der Waals surface area contributed by atoms with E-state index < -0.39 is 5.97 Å². The maximum atomic E-state index is 12.0. The molecule has 0 bridgehead atoms. The molecule has 0 saturated heterocycles. The van der Waals surface area contributed by atoms with Crippen molar-refractivity contribution in [2.75, 3.05) is 27.2 Å². The standard InChI is InChI=1S/C14H21N3O3/c1-14(2,9-17(3)4)8-16-12(18)10-5-6-15-11(7-10)13(19)20/h5-7H,8-9H2,1-4H3,(H,16,18)(H,19,20). The topological polar surface area (TPSA) is 82.5 Å². The van der Waals surface area contributed by atoms with Crippen LogP contribution in [0.1, 0.15) is 34.7 Å². The third-order valence-electron chi connectivity index (χ3n) is 2.71. The average Bonchev–Trinajstić information content (AvgIpc) is 2.34. The van der Waals surface area contributed by atoms with Gasteiger partial charge in [-0.15, -0.1) is 0 Å². The number of aromatic nitrogens is 1. The van der Waals surface area contributed by atoms with Crippen molar-refractivity contribution in [2.45, 2.75) is 13.8 Å². The van der Waals surface area contributed by atoms with E-state index in [-0.39, 0.29) is 17.0 Å². The number of nitrogens with one attached hydrogen (secondary N) is 1. The Balaban J connectivity index is 2.68. The summed E-state index contributed by atoms with van der Waals surface area (Å²) in [7, 11) is 3.96. The first-order valence-corrected chi connectivity index (χ1v) is 6.33. The summed E-state index contributed by atoms with van der Waals surface area (Å²) >= 11 is 0. The molecule has 0 radical (unpaired) electrons. The number of rotatable bonds is 6. The van der Waals surface area contributed by atoms with Crippen LogP contribution in [0.25, 0.3) is 0 Å². The molecule has 0 aliphatic rings. The minimum atomic E-state index is -1.15. The molecule has 1 heterocycles. The van der Waals surface area contributed by atoms with E-state index in [1.54, 1.807) is 0 Å². The lowest BCUT2D eigenvalue weighted by molar-refractivity contribution is 0.0690. The minimum absolute atomic E-state index is 0.0676. The molecule has 0 aliphatic heterocycles. The lowest BCUT2D eigenvalue weighted by atomic mass is 9.93. The molecule has 1 amide bonds. The Morgan fingerprint density at radius 3 is 2.60 bits per heavy atom. The molecule has 0 fully saturated rings. The Kier molecular flexibility index (Phi) is 5.21. The summed E-state index contributed by atoms with van der Waals surface area (Å²) < 4.78 is 0. The van der Waals surface area contributed by atoms with Crippen LogP contribution in [0.15, 0.2) is 18.3 Å². The van der Waals surface area contributed by atoms with Gasteiger partial charge in [-0.2, -0.15) is 0 Å². The quantitative estimate of drug-likeness (QED) is 0.814. The molecule has 6 nitrogen and oxygen atoms in total. The van der Waals surface area contributed by atoms with Gasteiger partial charge in [0.15, 0.2) is 0 Å². The molecule has 1 aromatic rings. The van der Waals surface area contributed by atoms with Gasteiger partial charge in [0, 0.05) is 24.8 Å². The molecule has 0 atom stereocenters. The number of amides is 1. The molecular formula is C14H21N3O3. The van der Waals surface area contributed by atoms with E-state index >= 15 is 0 Å². The van der Waals surface area contributed by atoms with Crippen molar-refractivity contribution in [3.63, 3.8) is 0 Å². The van der Waals surface area contributed by atoms with Crippen molar-refractivity contribution in [1.82, 2.24) is 15.2 Å². The normalized spacial score (nSPS) is 11.4. The Morgan fingerprint density at radius 1 is 1.40 bits per heavy atom. The molecule has 2 N–H and O–H groups in total. The summed E-state index contributed by atoms with van der Waals surface area (Å²) in [6, 6.07) is 2.78. The average molecular weight is 279 g/mol. The Morgan fingerprint density at radius 2 is 2.05 bits per heavy atom. The number of carboxylic acids is 1. The van der Waals surface area contributed by atoms with Gasteiger partial charge in [0.1, 0.15) is 5.69 Å². The summed E-state index contributed by atoms with van der Waals surface area (Å²) in [4.78, 5) is 28.6. The molecular weight excluding hydrogens is 258 g/mol. The highest BCUT2D eigenvalue weighted by atomic mass is 16.4. The summed E-state index contributed by atoms with van der Waals surface area (Å²) in [6.07, 6.45) is 1.32. The molecule has 6 heteroatoms. The molecule has 0 saturated carbocycles. The van der Waals surface area contributed by atoms with Crippen LogP contribution in [-0.2, 0) is 0 Å². The van der Waals surface area contributed by atoms with Crippen molar-refractivity contribution >= 4 is 11.9 Å². The monoisotopic (exact) mass is 279 g/mol. The van der Waals surface area contributed by atoms with Crippen molar-refractivity contribution in [2.24, 2.45) is 5.41 Å². The molecule has 20 heavy (non-hydrogen) atoms. The fourth-order valence-corrected chi connectivity index (χ4v) is 2.02. The van der Waals surface area contributed by atoms with Crippen LogP contribution in [0.5, 0.6) is 0 Å². The summed E-state index contributed by atoms with van der Waals surface area (Å²) in [5, 5.41) is 11.7. The molecule has 0 unspecified atom stereocenters. The minimum Gasteiger partial charge on any atom is -0.477 e. The van der Waals surface area contributed by atoms with Gasteiger partial charge in [0.2, 0.25) is 0 Å². The van der Waals surface area contributed by atoms with E-state index in [2.05, 4.69) is 29.0 Å². The lowest BCUT2D eigenvalue weighted by Crippen LogP contribution is -2.40. The van der Waals surface area contributed by atoms with Gasteiger partial charge in [-0.05, 0) is 31.6 Å². The highest BCUT2D eigenvalue weighted by molar-refractivity contribution is 5.96. The Bertz CT molecular complexity index is 498. The van der Waals surface area contributed by atoms with Crippen LogP contribution in [0.3, 0.4) is 0 Å². The summed E-state index contributed by atoms with van der Waals surface area (Å²) in [5.41, 5.74) is 0.102. The third-order valence-corrected chi connectivity index (χ3v) is 2.71. The van der Waals surface area contributed by atoms with Crippen molar-refractivity contribution in [1.29, 1.82) is 0 Å². The number of hydrogen-bond acceptors (Lipinski definition) is 4. The van der Waals surface area contributed by atoms with Gasteiger partial charge in [0.05, 0.1) is 0 Å². The van der Waals surface area contributed by atoms with Gasteiger partial charge in [-0.3, -0.25) is 4.79 Å². The summed E-state index contributed by atoms with van der Waals surface area (Å²) in [6.45, 7) is 5.46. The van der Waals surface area contributed by atoms with Crippen LogP contribution < -0.4 is 5.32 Å². The number of hydrogen-bond donors (Lipinski definition) is 2. The van der Waals surface area contributed by atoms with Crippen molar-refractivity contribution < 1.29 is 14.7 Å². The van der Waals surface area contributed by atoms with Crippen LogP contribution in [0, 0.1) is 5.41 Å². The number of carboxylic acid groups (broad SMARTS) is 1. The van der Waals surface area contributed by atoms with E-state index in [0.717, 1.165) is 6.54 Å². The largest absolute Gasteiger partial charge is 0.477 e. The van der Waals surface area contributed by atoms with E-state index in [9.17, 15) is 9.59 Å². The number of pyridine rings is 1. The van der Waals surface area contributed by atoms with E-state index in [1.807, 2.05) is 14.1 Å². The van der Waals surface area contributed by atoms with Gasteiger partial charge in [-0.25, -0.2) is 9.78 Å². The predicted octanol–water partition coefficient (Wildman–Crippen LogP) is 1.10. The summed E-state index contributed by atoms with van der Waals surface area (Å²) in [5.74, 6) is -1.44. The number of nitrogens with zero attached hydrogens (tertiary/aromatic N) is 2. The van der Waals surface area contributed by atoms with Crippen LogP contribution in [0.2, 0.25) is 0 Å². The first-order valence-electron chi connectivity index (χ1n) is 6.33. The molecule has 0 spiro atoms. The molecule has 0 aliphatic carbocycles. The zero-order valence-corrected chi connectivity index (χ0v) is 12.3. The highest BCUT2D eigenvalue weighted by Gasteiger charge is 2.20. The fourth-order valence-electron chi connectivity index (χ4n) is 2.02. The van der Waals surface area contributed by atoms with Crippen LogP contribution >= 0.6 is 0 Å². The molecule has 1 aromatic heterocycles. The van der Waals surface area contributed by atoms with Crippen molar-refractivity contribution in [3.8, 4) is 0 Å². The fraction of sp³-hybridized carbons (Fsp3) is 0.500. The van der Waals surface area contributed by atoms with E-state index in [4.69, 9.17) is 5.11 Å². The Hall–Kier alpha value is -1.95. The van der Waals surface area contributed by atoms with Gasteiger partial charge >= 0.3 is 5.97 Å². The zero-order chi connectivity index (χ0) is 15.3. The maximum absolute atomic E-state index is 12.0.